The molecule has 29 heavy (non-hydrogen) atoms. The number of nitrogens with one attached hydrogen (secondary N) is 1. The van der Waals surface area contributed by atoms with Crippen molar-refractivity contribution in [2.24, 2.45) is 0 Å². The van der Waals surface area contributed by atoms with Crippen LogP contribution in [0.25, 0.3) is 11.3 Å². The fourth-order valence-corrected chi connectivity index (χ4v) is 3.26. The third-order valence-corrected chi connectivity index (χ3v) is 5.00. The quantitative estimate of drug-likeness (QED) is 0.434. The van der Waals surface area contributed by atoms with Crippen LogP contribution >= 0.6 is 11.8 Å². The molecule has 150 valence electrons. The van der Waals surface area contributed by atoms with Gasteiger partial charge < -0.3 is 5.32 Å². The molecule has 3 aromatic rings. The van der Waals surface area contributed by atoms with Gasteiger partial charge in [-0.05, 0) is 32.0 Å². The fraction of sp³-hybridized carbons (Fsp3) is 0.190. The molecule has 2 aromatic carbocycles. The van der Waals surface area contributed by atoms with Crippen molar-refractivity contribution in [2.45, 2.75) is 30.4 Å². The molecule has 0 bridgehead atoms. The highest BCUT2D eigenvalue weighted by molar-refractivity contribution is 8.00. The van der Waals surface area contributed by atoms with Gasteiger partial charge in [-0.1, -0.05) is 59.8 Å². The minimum absolute atomic E-state index is 0.106. The highest BCUT2D eigenvalue weighted by Gasteiger charge is 2.34. The Hall–Kier alpha value is -2.87. The van der Waals surface area contributed by atoms with Gasteiger partial charge in [0.05, 0.1) is 10.9 Å². The molecule has 1 amide bonds. The van der Waals surface area contributed by atoms with Gasteiger partial charge in [-0.25, -0.2) is 9.97 Å². The van der Waals surface area contributed by atoms with Crippen LogP contribution in [-0.2, 0) is 11.0 Å². The molecule has 0 aliphatic heterocycles. The Kier molecular flexibility index (Phi) is 6.22. The number of nitrogens with zero attached hydrogens (tertiary/aromatic N) is 2. The molecular formula is C21H18F3N3OS. The molecule has 0 aliphatic rings. The van der Waals surface area contributed by atoms with Gasteiger partial charge in [0.15, 0.2) is 5.16 Å². The Morgan fingerprint density at radius 2 is 1.69 bits per heavy atom. The van der Waals surface area contributed by atoms with Crippen molar-refractivity contribution in [1.29, 1.82) is 0 Å². The summed E-state index contributed by atoms with van der Waals surface area (Å²) in [5, 5.41) is 1.95. The molecular weight excluding hydrogens is 399 g/mol. The molecule has 1 N–H and O–H groups in total. The Morgan fingerprint density at radius 1 is 1.03 bits per heavy atom. The summed E-state index contributed by atoms with van der Waals surface area (Å²) in [6.07, 6.45) is -4.62. The summed E-state index contributed by atoms with van der Waals surface area (Å²) in [4.78, 5) is 20.3. The first-order valence-electron chi connectivity index (χ1n) is 8.78. The Balaban J connectivity index is 1.83. The molecule has 3 rings (SSSR count). The molecule has 0 saturated heterocycles. The molecule has 8 heteroatoms. The van der Waals surface area contributed by atoms with E-state index < -0.39 is 17.1 Å². The van der Waals surface area contributed by atoms with E-state index in [-0.39, 0.29) is 16.8 Å². The van der Waals surface area contributed by atoms with E-state index in [1.165, 1.54) is 0 Å². The highest BCUT2D eigenvalue weighted by Crippen LogP contribution is 2.33. The maximum absolute atomic E-state index is 13.3. The molecule has 1 aromatic heterocycles. The van der Waals surface area contributed by atoms with Crippen LogP contribution in [0.15, 0.2) is 65.8 Å². The number of aromatic nitrogens is 2. The van der Waals surface area contributed by atoms with Crippen molar-refractivity contribution in [3.63, 3.8) is 0 Å². The van der Waals surface area contributed by atoms with Crippen LogP contribution in [0, 0.1) is 6.92 Å². The predicted molar refractivity (Wildman–Crippen MR) is 108 cm³/mol. The monoisotopic (exact) mass is 417 g/mol. The van der Waals surface area contributed by atoms with Crippen molar-refractivity contribution in [1.82, 2.24) is 9.97 Å². The average molecular weight is 417 g/mol. The number of hydrogen-bond acceptors (Lipinski definition) is 4. The lowest BCUT2D eigenvalue weighted by Crippen LogP contribution is -2.23. The number of hydrogen-bond donors (Lipinski definition) is 1. The maximum Gasteiger partial charge on any atom is 0.433 e. The van der Waals surface area contributed by atoms with E-state index in [9.17, 15) is 18.0 Å². The lowest BCUT2D eigenvalue weighted by Gasteiger charge is -2.14. The van der Waals surface area contributed by atoms with E-state index in [4.69, 9.17) is 0 Å². The Bertz CT molecular complexity index is 992. The summed E-state index contributed by atoms with van der Waals surface area (Å²) < 4.78 is 39.9. The summed E-state index contributed by atoms with van der Waals surface area (Å²) >= 11 is 0.879. The first-order valence-corrected chi connectivity index (χ1v) is 9.66. The van der Waals surface area contributed by atoms with Gasteiger partial charge in [0.2, 0.25) is 5.91 Å². The van der Waals surface area contributed by atoms with Gasteiger partial charge in [0.1, 0.15) is 5.69 Å². The molecule has 4 nitrogen and oxygen atoms in total. The second kappa shape index (κ2) is 8.65. The molecule has 0 spiro atoms. The number of carbonyl (C=O) groups is 1. The zero-order valence-electron chi connectivity index (χ0n) is 15.7. The number of amides is 1. The normalized spacial score (nSPS) is 12.4. The number of alkyl halides is 3. The lowest BCUT2D eigenvalue weighted by atomic mass is 10.1. The lowest BCUT2D eigenvalue weighted by molar-refractivity contribution is -0.141. The smallest absolute Gasteiger partial charge is 0.325 e. The van der Waals surface area contributed by atoms with Gasteiger partial charge in [-0.3, -0.25) is 4.79 Å². The molecule has 0 saturated carbocycles. The molecule has 1 atom stereocenters. The van der Waals surface area contributed by atoms with Crippen LogP contribution in [0.1, 0.15) is 18.2 Å². The summed E-state index contributed by atoms with van der Waals surface area (Å²) in [6, 6.07) is 16.7. The van der Waals surface area contributed by atoms with Gasteiger partial charge >= 0.3 is 6.18 Å². The Labute approximate surface area is 170 Å². The number of benzene rings is 2. The number of aryl methyl sites for hydroxylation is 1. The van der Waals surface area contributed by atoms with Crippen LogP contribution < -0.4 is 5.32 Å². The fourth-order valence-electron chi connectivity index (χ4n) is 2.47. The van der Waals surface area contributed by atoms with Crippen molar-refractivity contribution in [3.8, 4) is 11.3 Å². The summed E-state index contributed by atoms with van der Waals surface area (Å²) in [6.45, 7) is 3.53. The van der Waals surface area contributed by atoms with Gasteiger partial charge in [-0.15, -0.1) is 0 Å². The predicted octanol–water partition coefficient (Wildman–Crippen LogP) is 5.59. The Morgan fingerprint density at radius 3 is 2.31 bits per heavy atom. The topological polar surface area (TPSA) is 54.9 Å². The van der Waals surface area contributed by atoms with Crippen LogP contribution in [0.3, 0.4) is 0 Å². The second-order valence-corrected chi connectivity index (χ2v) is 7.71. The number of anilines is 1. The van der Waals surface area contributed by atoms with Crippen molar-refractivity contribution in [3.05, 3.63) is 71.9 Å². The SMILES string of the molecule is Cc1ccc(NC(=O)[C@H](C)Sc2nc(-c3ccccc3)cc(C(F)(F)F)n2)cc1. The second-order valence-electron chi connectivity index (χ2n) is 6.40. The number of carbonyl (C=O) groups excluding carboxylic acids is 1. The largest absolute Gasteiger partial charge is 0.433 e. The highest BCUT2D eigenvalue weighted by atomic mass is 32.2. The maximum atomic E-state index is 13.3. The average Bonchev–Trinajstić information content (AvgIpc) is 2.69. The van der Waals surface area contributed by atoms with Gasteiger partial charge in [0.25, 0.3) is 0 Å². The zero-order valence-corrected chi connectivity index (χ0v) is 16.5. The van der Waals surface area contributed by atoms with Crippen LogP contribution in [-0.4, -0.2) is 21.1 Å². The third-order valence-electron chi connectivity index (χ3n) is 4.04. The molecule has 0 fully saturated rings. The number of rotatable bonds is 5. The van der Waals surface area contributed by atoms with E-state index in [1.807, 2.05) is 19.1 Å². The minimum Gasteiger partial charge on any atom is -0.325 e. The summed E-state index contributed by atoms with van der Waals surface area (Å²) in [5.74, 6) is -0.346. The van der Waals surface area contributed by atoms with Crippen molar-refractivity contribution < 1.29 is 18.0 Å². The number of halogens is 3. The van der Waals surface area contributed by atoms with Crippen LogP contribution in [0.4, 0.5) is 18.9 Å². The summed E-state index contributed by atoms with van der Waals surface area (Å²) in [5.41, 5.74) is 1.32. The minimum atomic E-state index is -4.62. The van der Waals surface area contributed by atoms with Gasteiger partial charge in [0, 0.05) is 11.3 Å². The van der Waals surface area contributed by atoms with Crippen molar-refractivity contribution in [2.75, 3.05) is 5.32 Å². The first-order chi connectivity index (χ1) is 13.7. The standard InChI is InChI=1S/C21H18F3N3OS/c1-13-8-10-16(11-9-13)25-19(28)14(2)29-20-26-17(15-6-4-3-5-7-15)12-18(27-20)21(22,23)24/h3-12,14H,1-2H3,(H,25,28)/t14-/m0/s1. The van der Waals surface area contributed by atoms with Gasteiger partial charge in [-0.2, -0.15) is 13.2 Å². The third kappa shape index (κ3) is 5.57. The molecule has 1 heterocycles. The number of thioether (sulfide) groups is 1. The zero-order chi connectivity index (χ0) is 21.0. The first kappa shape index (κ1) is 20.9. The molecule has 0 radical (unpaired) electrons. The van der Waals surface area contributed by atoms with Crippen molar-refractivity contribution >= 4 is 23.4 Å². The van der Waals surface area contributed by atoms with E-state index in [1.54, 1.807) is 49.4 Å². The van der Waals surface area contributed by atoms with Crippen LogP contribution in [0.2, 0.25) is 0 Å². The summed E-state index contributed by atoms with van der Waals surface area (Å²) in [7, 11) is 0. The van der Waals surface area contributed by atoms with E-state index >= 15 is 0 Å². The molecule has 0 unspecified atom stereocenters. The van der Waals surface area contributed by atoms with E-state index in [0.717, 1.165) is 23.4 Å². The van der Waals surface area contributed by atoms with Crippen LogP contribution in [0.5, 0.6) is 0 Å². The van der Waals surface area contributed by atoms with E-state index in [2.05, 4.69) is 15.3 Å². The van der Waals surface area contributed by atoms with E-state index in [0.29, 0.717) is 11.3 Å². The molecule has 0 aliphatic carbocycles.